The first-order chi connectivity index (χ1) is 15.7. The first kappa shape index (κ1) is 22.7. The van der Waals surface area contributed by atoms with Gasteiger partial charge in [0.25, 0.3) is 0 Å². The van der Waals surface area contributed by atoms with Gasteiger partial charge in [-0.2, -0.15) is 0 Å². The lowest BCUT2D eigenvalue weighted by Gasteiger charge is -2.40. The van der Waals surface area contributed by atoms with Crippen LogP contribution in [0.2, 0.25) is 0 Å². The summed E-state index contributed by atoms with van der Waals surface area (Å²) in [6, 6.07) is 27.8. The van der Waals surface area contributed by atoms with Crippen LogP contribution in [0.4, 0.5) is 0 Å². The molecule has 0 atom stereocenters. The van der Waals surface area contributed by atoms with E-state index in [4.69, 9.17) is 4.74 Å². The van der Waals surface area contributed by atoms with Gasteiger partial charge in [0.1, 0.15) is 17.2 Å². The number of hydrogen-bond acceptors (Lipinski definition) is 4. The van der Waals surface area contributed by atoms with Crippen LogP contribution in [0.3, 0.4) is 0 Å². The summed E-state index contributed by atoms with van der Waals surface area (Å²) >= 11 is 0. The number of fused-ring (bicyclic) bond motifs is 1. The zero-order valence-corrected chi connectivity index (χ0v) is 19.2. The van der Waals surface area contributed by atoms with Gasteiger partial charge in [-0.3, -0.25) is 0 Å². The number of hydrogen-bond donors (Lipinski definition) is 1. The van der Waals surface area contributed by atoms with Crippen LogP contribution in [0.1, 0.15) is 35.9 Å². The molecule has 0 spiro atoms. The van der Waals surface area contributed by atoms with Gasteiger partial charge in [-0.1, -0.05) is 79.7 Å². The second kappa shape index (κ2) is 9.97. The van der Waals surface area contributed by atoms with Gasteiger partial charge >= 0.3 is 0 Å². The summed E-state index contributed by atoms with van der Waals surface area (Å²) in [5.74, 6) is 1.86. The van der Waals surface area contributed by atoms with Crippen LogP contribution >= 0.6 is 0 Å². The lowest BCUT2D eigenvalue weighted by molar-refractivity contribution is 0.0466. The van der Waals surface area contributed by atoms with Crippen molar-refractivity contribution in [2.45, 2.75) is 44.6 Å². The molecule has 2 heterocycles. The van der Waals surface area contributed by atoms with Crippen molar-refractivity contribution in [1.82, 2.24) is 16.1 Å². The molecule has 4 heteroatoms. The number of ether oxygens (including phenoxy) is 1. The SMILES string of the molecule is CCc1ncc(-c2cccc3c2CCC(Cc2ccccc2)(Cc2ccccc2)O3)cn1.N. The van der Waals surface area contributed by atoms with Gasteiger partial charge in [-0.25, -0.2) is 9.97 Å². The molecule has 0 fully saturated rings. The Morgan fingerprint density at radius 2 is 1.39 bits per heavy atom. The summed E-state index contributed by atoms with van der Waals surface area (Å²) in [4.78, 5) is 9.02. The maximum Gasteiger partial charge on any atom is 0.127 e. The minimum absolute atomic E-state index is 0. The molecule has 1 aromatic heterocycles. The van der Waals surface area contributed by atoms with E-state index in [-0.39, 0.29) is 11.8 Å². The molecule has 0 saturated heterocycles. The molecule has 5 rings (SSSR count). The monoisotopic (exact) mass is 437 g/mol. The summed E-state index contributed by atoms with van der Waals surface area (Å²) < 4.78 is 6.89. The quantitative estimate of drug-likeness (QED) is 0.378. The second-order valence-corrected chi connectivity index (χ2v) is 8.63. The smallest absolute Gasteiger partial charge is 0.127 e. The highest BCUT2D eigenvalue weighted by molar-refractivity contribution is 5.69. The summed E-state index contributed by atoms with van der Waals surface area (Å²) in [6.45, 7) is 2.08. The van der Waals surface area contributed by atoms with Crippen LogP contribution in [0.25, 0.3) is 11.1 Å². The van der Waals surface area contributed by atoms with Crippen molar-refractivity contribution in [3.8, 4) is 16.9 Å². The molecule has 33 heavy (non-hydrogen) atoms. The van der Waals surface area contributed by atoms with Gasteiger partial charge in [-0.15, -0.1) is 0 Å². The van der Waals surface area contributed by atoms with Crippen LogP contribution in [-0.2, 0) is 25.7 Å². The maximum atomic E-state index is 6.89. The topological polar surface area (TPSA) is 70.0 Å². The molecule has 0 aliphatic carbocycles. The van der Waals surface area contributed by atoms with Crippen molar-refractivity contribution in [2.75, 3.05) is 0 Å². The fraction of sp³-hybridized carbons (Fsp3) is 0.241. The van der Waals surface area contributed by atoms with E-state index in [0.717, 1.165) is 49.2 Å². The fourth-order valence-corrected chi connectivity index (χ4v) is 4.75. The highest BCUT2D eigenvalue weighted by atomic mass is 16.5. The van der Waals surface area contributed by atoms with Gasteiger partial charge < -0.3 is 10.9 Å². The van der Waals surface area contributed by atoms with E-state index in [1.54, 1.807) is 0 Å². The van der Waals surface area contributed by atoms with Gasteiger partial charge in [-0.05, 0) is 35.6 Å². The maximum absolute atomic E-state index is 6.89. The Hall–Kier alpha value is -3.50. The van der Waals surface area contributed by atoms with Crippen molar-refractivity contribution < 1.29 is 4.74 Å². The predicted molar refractivity (Wildman–Crippen MR) is 134 cm³/mol. The molecular formula is C29H31N3O. The van der Waals surface area contributed by atoms with E-state index < -0.39 is 0 Å². The molecule has 0 bridgehead atoms. The number of aromatic nitrogens is 2. The van der Waals surface area contributed by atoms with E-state index in [0.29, 0.717) is 0 Å². The Morgan fingerprint density at radius 3 is 1.97 bits per heavy atom. The van der Waals surface area contributed by atoms with Crippen molar-refractivity contribution in [1.29, 1.82) is 0 Å². The molecule has 1 aliphatic rings. The van der Waals surface area contributed by atoms with E-state index in [1.807, 2.05) is 12.4 Å². The zero-order valence-electron chi connectivity index (χ0n) is 19.2. The summed E-state index contributed by atoms with van der Waals surface area (Å²) in [5, 5.41) is 0. The highest BCUT2D eigenvalue weighted by Crippen LogP contribution is 2.41. The van der Waals surface area contributed by atoms with Crippen LogP contribution in [0.5, 0.6) is 5.75 Å². The first-order valence-electron chi connectivity index (χ1n) is 11.4. The van der Waals surface area contributed by atoms with Crippen molar-refractivity contribution in [3.63, 3.8) is 0 Å². The standard InChI is InChI=1S/C29H28N2O.H3N/c1-2-28-30-20-24(21-31-28)25-14-9-15-27-26(25)16-17-29(32-27,18-22-10-5-3-6-11-22)19-23-12-7-4-8-13-23;/h3-15,20-21H,2,16-19H2,1H3;1H3. The molecule has 4 nitrogen and oxygen atoms in total. The Kier molecular flexibility index (Phi) is 6.85. The van der Waals surface area contributed by atoms with Crippen LogP contribution in [0.15, 0.2) is 91.3 Å². The third-order valence-electron chi connectivity index (χ3n) is 6.36. The molecule has 168 valence electrons. The lowest BCUT2D eigenvalue weighted by atomic mass is 9.80. The van der Waals surface area contributed by atoms with Crippen molar-refractivity contribution >= 4 is 0 Å². The molecule has 0 radical (unpaired) electrons. The average Bonchev–Trinajstić information content (AvgIpc) is 2.85. The van der Waals surface area contributed by atoms with Crippen LogP contribution < -0.4 is 10.9 Å². The van der Waals surface area contributed by atoms with Gasteiger partial charge in [0.2, 0.25) is 0 Å². The molecule has 1 aliphatic heterocycles. The third-order valence-corrected chi connectivity index (χ3v) is 6.36. The van der Waals surface area contributed by atoms with E-state index in [2.05, 4.69) is 95.8 Å². The minimum atomic E-state index is -0.267. The molecular weight excluding hydrogens is 406 g/mol. The summed E-state index contributed by atoms with van der Waals surface area (Å²) in [6.07, 6.45) is 8.45. The number of nitrogens with zero attached hydrogens (tertiary/aromatic N) is 2. The van der Waals surface area contributed by atoms with Crippen LogP contribution in [0, 0.1) is 0 Å². The lowest BCUT2D eigenvalue weighted by Crippen LogP contribution is -2.44. The van der Waals surface area contributed by atoms with E-state index >= 15 is 0 Å². The Morgan fingerprint density at radius 1 is 0.788 bits per heavy atom. The van der Waals surface area contributed by atoms with Crippen molar-refractivity contribution in [2.24, 2.45) is 0 Å². The van der Waals surface area contributed by atoms with E-state index in [9.17, 15) is 0 Å². The minimum Gasteiger partial charge on any atom is -0.486 e. The largest absolute Gasteiger partial charge is 0.486 e. The molecule has 0 amide bonds. The molecule has 3 aromatic carbocycles. The summed E-state index contributed by atoms with van der Waals surface area (Å²) in [5.41, 5.74) is 5.85. The molecule has 0 unspecified atom stereocenters. The van der Waals surface area contributed by atoms with Gasteiger partial charge in [0, 0.05) is 42.8 Å². The predicted octanol–water partition coefficient (Wildman–Crippen LogP) is 6.42. The number of aryl methyl sites for hydroxylation is 1. The van der Waals surface area contributed by atoms with Gasteiger partial charge in [0.15, 0.2) is 0 Å². The van der Waals surface area contributed by atoms with Crippen LogP contribution in [-0.4, -0.2) is 15.6 Å². The molecule has 3 N–H and O–H groups in total. The second-order valence-electron chi connectivity index (χ2n) is 8.63. The zero-order chi connectivity index (χ0) is 21.8. The third kappa shape index (κ3) is 4.96. The Labute approximate surface area is 196 Å². The normalized spacial score (nSPS) is 14.0. The number of rotatable bonds is 6. The number of benzene rings is 3. The first-order valence-corrected chi connectivity index (χ1v) is 11.4. The average molecular weight is 438 g/mol. The fourth-order valence-electron chi connectivity index (χ4n) is 4.75. The molecule has 0 saturated carbocycles. The highest BCUT2D eigenvalue weighted by Gasteiger charge is 2.37. The Bertz CT molecular complexity index is 1130. The summed E-state index contributed by atoms with van der Waals surface area (Å²) in [7, 11) is 0. The van der Waals surface area contributed by atoms with Gasteiger partial charge in [0.05, 0.1) is 0 Å². The van der Waals surface area contributed by atoms with Crippen molar-refractivity contribution in [3.05, 3.63) is 114 Å². The van der Waals surface area contributed by atoms with E-state index in [1.165, 1.54) is 22.3 Å². The Balaban J connectivity index is 0.00000259. The molecule has 4 aromatic rings.